The number of thioether (sulfide) groups is 1. The van der Waals surface area contributed by atoms with Crippen molar-refractivity contribution in [3.8, 4) is 5.75 Å². The highest BCUT2D eigenvalue weighted by atomic mass is 32.2. The number of ether oxygens (including phenoxy) is 1. The molecule has 0 unspecified atom stereocenters. The molecule has 0 spiro atoms. The number of hydrogen-bond acceptors (Lipinski definition) is 4. The van der Waals surface area contributed by atoms with E-state index in [-0.39, 0.29) is 5.12 Å². The standard InChI is InChI=1S/C16H18N2O2S/c1-13(19)21-10-3-5-14-6-7-16(20-2)15(11-14)12-18-9-4-8-17-18/h3-9,11H,10,12H2,1-2H3. The van der Waals surface area contributed by atoms with Gasteiger partial charge in [-0.2, -0.15) is 5.10 Å². The van der Waals surface area contributed by atoms with E-state index in [1.54, 1.807) is 20.2 Å². The number of rotatable bonds is 6. The van der Waals surface area contributed by atoms with E-state index in [0.29, 0.717) is 12.3 Å². The normalized spacial score (nSPS) is 11.0. The summed E-state index contributed by atoms with van der Waals surface area (Å²) in [5, 5.41) is 4.35. The first-order chi connectivity index (χ1) is 10.2. The quantitative estimate of drug-likeness (QED) is 0.822. The Morgan fingerprint density at radius 1 is 1.48 bits per heavy atom. The zero-order valence-electron chi connectivity index (χ0n) is 12.2. The summed E-state index contributed by atoms with van der Waals surface area (Å²) in [4.78, 5) is 10.9. The second-order valence-corrected chi connectivity index (χ2v) is 5.68. The van der Waals surface area contributed by atoms with Crippen LogP contribution in [-0.2, 0) is 11.3 Å². The van der Waals surface area contributed by atoms with Gasteiger partial charge in [-0.3, -0.25) is 9.48 Å². The van der Waals surface area contributed by atoms with Crippen molar-refractivity contribution in [3.05, 3.63) is 53.9 Å². The molecule has 0 saturated heterocycles. The van der Waals surface area contributed by atoms with Gasteiger partial charge in [-0.25, -0.2) is 0 Å². The minimum Gasteiger partial charge on any atom is -0.496 e. The molecule has 0 N–H and O–H groups in total. The summed E-state index contributed by atoms with van der Waals surface area (Å²) in [6, 6.07) is 7.93. The zero-order valence-corrected chi connectivity index (χ0v) is 13.0. The van der Waals surface area contributed by atoms with Crippen LogP contribution in [0.5, 0.6) is 5.75 Å². The predicted octanol–water partition coefficient (Wildman–Crippen LogP) is 3.23. The van der Waals surface area contributed by atoms with Gasteiger partial charge in [0.1, 0.15) is 5.75 Å². The van der Waals surface area contributed by atoms with Crippen LogP contribution in [-0.4, -0.2) is 27.8 Å². The van der Waals surface area contributed by atoms with Crippen LogP contribution in [0.15, 0.2) is 42.7 Å². The molecule has 0 radical (unpaired) electrons. The Morgan fingerprint density at radius 3 is 3.00 bits per heavy atom. The second-order valence-electron chi connectivity index (χ2n) is 4.48. The molecule has 1 aromatic heterocycles. The van der Waals surface area contributed by atoms with Crippen LogP contribution in [0.3, 0.4) is 0 Å². The Morgan fingerprint density at radius 2 is 2.33 bits per heavy atom. The Balaban J connectivity index is 2.11. The predicted molar refractivity (Wildman–Crippen MR) is 86.5 cm³/mol. The van der Waals surface area contributed by atoms with Crippen LogP contribution in [0.4, 0.5) is 0 Å². The van der Waals surface area contributed by atoms with Gasteiger partial charge in [0.25, 0.3) is 0 Å². The number of methoxy groups -OCH3 is 1. The molecule has 0 saturated carbocycles. The smallest absolute Gasteiger partial charge is 0.186 e. The van der Waals surface area contributed by atoms with Crippen molar-refractivity contribution in [1.29, 1.82) is 0 Å². The van der Waals surface area contributed by atoms with Crippen LogP contribution < -0.4 is 4.74 Å². The zero-order chi connectivity index (χ0) is 15.1. The molecule has 0 aliphatic carbocycles. The van der Waals surface area contributed by atoms with Crippen LogP contribution in [0, 0.1) is 0 Å². The minimum absolute atomic E-state index is 0.133. The summed E-state index contributed by atoms with van der Waals surface area (Å²) in [6.07, 6.45) is 7.69. The molecule has 2 aromatic rings. The molecule has 0 fully saturated rings. The molecule has 0 aliphatic heterocycles. The van der Waals surface area contributed by atoms with E-state index in [2.05, 4.69) is 11.2 Å². The molecule has 0 atom stereocenters. The van der Waals surface area contributed by atoms with E-state index >= 15 is 0 Å². The first-order valence-corrected chi connectivity index (χ1v) is 7.62. The van der Waals surface area contributed by atoms with Gasteiger partial charge in [-0.15, -0.1) is 0 Å². The van der Waals surface area contributed by atoms with Gasteiger partial charge in [0.2, 0.25) is 0 Å². The first kappa shape index (κ1) is 15.4. The number of aromatic nitrogens is 2. The lowest BCUT2D eigenvalue weighted by atomic mass is 10.1. The fourth-order valence-electron chi connectivity index (χ4n) is 1.94. The topological polar surface area (TPSA) is 44.1 Å². The van der Waals surface area contributed by atoms with Gasteiger partial charge >= 0.3 is 0 Å². The van der Waals surface area contributed by atoms with Gasteiger partial charge < -0.3 is 4.74 Å². The molecular weight excluding hydrogens is 284 g/mol. The van der Waals surface area contributed by atoms with Crippen molar-refractivity contribution >= 4 is 23.0 Å². The van der Waals surface area contributed by atoms with Crippen molar-refractivity contribution in [2.24, 2.45) is 0 Å². The maximum atomic E-state index is 10.9. The first-order valence-electron chi connectivity index (χ1n) is 6.63. The van der Waals surface area contributed by atoms with Gasteiger partial charge in [-0.1, -0.05) is 30.0 Å². The highest BCUT2D eigenvalue weighted by molar-refractivity contribution is 8.13. The lowest BCUT2D eigenvalue weighted by molar-refractivity contribution is -0.109. The number of hydrogen-bond donors (Lipinski definition) is 0. The van der Waals surface area contributed by atoms with E-state index in [4.69, 9.17) is 4.74 Å². The summed E-state index contributed by atoms with van der Waals surface area (Å²) < 4.78 is 7.25. The highest BCUT2D eigenvalue weighted by Gasteiger charge is 2.04. The van der Waals surface area contributed by atoms with Gasteiger partial charge in [-0.05, 0) is 23.8 Å². The number of carbonyl (C=O) groups excluding carboxylic acids is 1. The van der Waals surface area contributed by atoms with Crippen LogP contribution in [0.2, 0.25) is 0 Å². The van der Waals surface area contributed by atoms with Crippen LogP contribution in [0.1, 0.15) is 18.1 Å². The molecule has 0 amide bonds. The second kappa shape index (κ2) is 7.69. The van der Waals surface area contributed by atoms with E-state index in [1.165, 1.54) is 11.8 Å². The maximum Gasteiger partial charge on any atom is 0.186 e. The van der Waals surface area contributed by atoms with Crippen molar-refractivity contribution in [1.82, 2.24) is 9.78 Å². The SMILES string of the molecule is COc1ccc(C=CCSC(C)=O)cc1Cn1cccn1. The molecule has 1 heterocycles. The van der Waals surface area contributed by atoms with E-state index in [1.807, 2.05) is 41.2 Å². The molecule has 21 heavy (non-hydrogen) atoms. The average Bonchev–Trinajstić information content (AvgIpc) is 2.97. The van der Waals surface area contributed by atoms with Crippen LogP contribution in [0.25, 0.3) is 6.08 Å². The summed E-state index contributed by atoms with van der Waals surface area (Å²) >= 11 is 1.30. The molecule has 1 aromatic carbocycles. The van der Waals surface area contributed by atoms with Crippen molar-refractivity contribution in [2.45, 2.75) is 13.5 Å². The Labute approximate surface area is 128 Å². The number of carbonyl (C=O) groups is 1. The Bertz CT molecular complexity index is 621. The number of nitrogens with zero attached hydrogens (tertiary/aromatic N) is 2. The summed E-state index contributed by atoms with van der Waals surface area (Å²) in [5.41, 5.74) is 2.16. The molecule has 5 heteroatoms. The monoisotopic (exact) mass is 302 g/mol. The van der Waals surface area contributed by atoms with Crippen molar-refractivity contribution < 1.29 is 9.53 Å². The fourth-order valence-corrected chi connectivity index (χ4v) is 2.37. The summed E-state index contributed by atoms with van der Waals surface area (Å²) in [6.45, 7) is 2.24. The van der Waals surface area contributed by atoms with E-state index in [9.17, 15) is 4.79 Å². The van der Waals surface area contributed by atoms with E-state index < -0.39 is 0 Å². The third-order valence-corrected chi connectivity index (χ3v) is 3.65. The largest absolute Gasteiger partial charge is 0.496 e. The van der Waals surface area contributed by atoms with Gasteiger partial charge in [0, 0.05) is 30.6 Å². The summed E-state index contributed by atoms with van der Waals surface area (Å²) in [5.74, 6) is 1.54. The summed E-state index contributed by atoms with van der Waals surface area (Å²) in [7, 11) is 1.67. The third kappa shape index (κ3) is 4.79. The minimum atomic E-state index is 0.133. The van der Waals surface area contributed by atoms with Crippen molar-refractivity contribution in [2.75, 3.05) is 12.9 Å². The fraction of sp³-hybridized carbons (Fsp3) is 0.250. The lowest BCUT2D eigenvalue weighted by Crippen LogP contribution is -2.02. The molecule has 110 valence electrons. The Kier molecular flexibility index (Phi) is 5.63. The lowest BCUT2D eigenvalue weighted by Gasteiger charge is -2.09. The molecular formula is C16H18N2O2S. The van der Waals surface area contributed by atoms with Crippen LogP contribution >= 0.6 is 11.8 Å². The van der Waals surface area contributed by atoms with Gasteiger partial charge in [0.05, 0.1) is 13.7 Å². The Hall–Kier alpha value is -2.01. The average molecular weight is 302 g/mol. The molecule has 4 nitrogen and oxygen atoms in total. The number of benzene rings is 1. The van der Waals surface area contributed by atoms with Crippen molar-refractivity contribution in [3.63, 3.8) is 0 Å². The van der Waals surface area contributed by atoms with Gasteiger partial charge in [0.15, 0.2) is 5.12 Å². The molecule has 2 rings (SSSR count). The highest BCUT2D eigenvalue weighted by Crippen LogP contribution is 2.21. The van der Waals surface area contributed by atoms with E-state index in [0.717, 1.165) is 16.9 Å². The maximum absolute atomic E-state index is 10.9. The molecule has 0 bridgehead atoms. The third-order valence-electron chi connectivity index (χ3n) is 2.89. The molecule has 0 aliphatic rings.